The van der Waals surface area contributed by atoms with E-state index in [0.29, 0.717) is 27.5 Å². The number of nitrogens with zero attached hydrogens (tertiary/aromatic N) is 1. The molecular weight excluding hydrogens is 464 g/mol. The smallest absolute Gasteiger partial charge is 0.338 e. The maximum absolute atomic E-state index is 12.7. The van der Waals surface area contributed by atoms with Crippen molar-refractivity contribution >= 4 is 44.9 Å². The van der Waals surface area contributed by atoms with Gasteiger partial charge in [0.1, 0.15) is 0 Å². The predicted octanol–water partition coefficient (Wildman–Crippen LogP) is 4.74. The van der Waals surface area contributed by atoms with Gasteiger partial charge in [-0.3, -0.25) is 9.10 Å². The highest BCUT2D eigenvalue weighted by Crippen LogP contribution is 2.23. The lowest BCUT2D eigenvalue weighted by molar-refractivity contribution is 0.0526. The van der Waals surface area contributed by atoms with Gasteiger partial charge in [0.2, 0.25) is 10.0 Å². The Labute approximate surface area is 198 Å². The van der Waals surface area contributed by atoms with Crippen molar-refractivity contribution in [2.75, 3.05) is 22.5 Å². The molecule has 3 aromatic rings. The molecule has 9 heteroatoms. The minimum Gasteiger partial charge on any atom is -0.462 e. The lowest BCUT2D eigenvalue weighted by atomic mass is 10.1. The minimum absolute atomic E-state index is 0.127. The molecule has 0 saturated heterocycles. The van der Waals surface area contributed by atoms with Gasteiger partial charge in [0.25, 0.3) is 5.91 Å². The summed E-state index contributed by atoms with van der Waals surface area (Å²) in [6.07, 6.45) is 1.13. The van der Waals surface area contributed by atoms with E-state index in [1.54, 1.807) is 73.7 Å². The van der Waals surface area contributed by atoms with Gasteiger partial charge in [0.15, 0.2) is 0 Å². The van der Waals surface area contributed by atoms with Crippen molar-refractivity contribution in [2.45, 2.75) is 13.5 Å². The average molecular weight is 487 g/mol. The Morgan fingerprint density at radius 2 is 1.64 bits per heavy atom. The summed E-state index contributed by atoms with van der Waals surface area (Å²) >= 11 is 5.91. The lowest BCUT2D eigenvalue weighted by Gasteiger charge is -2.23. The molecule has 0 aliphatic heterocycles. The molecule has 172 valence electrons. The van der Waals surface area contributed by atoms with Crippen LogP contribution in [0.1, 0.15) is 33.2 Å². The van der Waals surface area contributed by atoms with Gasteiger partial charge in [0, 0.05) is 16.3 Å². The van der Waals surface area contributed by atoms with Crippen LogP contribution in [-0.4, -0.2) is 33.2 Å². The molecule has 1 amide bonds. The fourth-order valence-corrected chi connectivity index (χ4v) is 4.09. The van der Waals surface area contributed by atoms with Gasteiger partial charge in [-0.15, -0.1) is 0 Å². The molecule has 0 aliphatic rings. The van der Waals surface area contributed by atoms with Gasteiger partial charge in [-0.2, -0.15) is 0 Å². The van der Waals surface area contributed by atoms with Crippen LogP contribution < -0.4 is 9.62 Å². The molecule has 0 aromatic heterocycles. The van der Waals surface area contributed by atoms with Crippen LogP contribution in [0, 0.1) is 0 Å². The molecule has 0 saturated carbocycles. The van der Waals surface area contributed by atoms with Gasteiger partial charge in [-0.25, -0.2) is 13.2 Å². The fourth-order valence-electron chi connectivity index (χ4n) is 3.08. The second kappa shape index (κ2) is 10.5. The first-order chi connectivity index (χ1) is 15.7. The minimum atomic E-state index is -3.57. The van der Waals surface area contributed by atoms with Crippen molar-refractivity contribution in [3.8, 4) is 0 Å². The Balaban J connectivity index is 1.76. The van der Waals surface area contributed by atoms with Crippen molar-refractivity contribution in [2.24, 2.45) is 0 Å². The second-order valence-electron chi connectivity index (χ2n) is 7.20. The Hall–Kier alpha value is -3.36. The molecule has 7 nitrogen and oxygen atoms in total. The zero-order chi connectivity index (χ0) is 24.0. The summed E-state index contributed by atoms with van der Waals surface area (Å²) in [6.45, 7) is 2.10. The maximum Gasteiger partial charge on any atom is 0.338 e. The third-order valence-electron chi connectivity index (χ3n) is 4.69. The van der Waals surface area contributed by atoms with E-state index in [4.69, 9.17) is 16.3 Å². The summed E-state index contributed by atoms with van der Waals surface area (Å²) in [7, 11) is -3.57. The van der Waals surface area contributed by atoms with Crippen LogP contribution in [0.3, 0.4) is 0 Å². The Bertz CT molecular complexity index is 1240. The topological polar surface area (TPSA) is 92.8 Å². The predicted molar refractivity (Wildman–Crippen MR) is 129 cm³/mol. The zero-order valence-corrected chi connectivity index (χ0v) is 19.7. The first-order valence-corrected chi connectivity index (χ1v) is 12.3. The first-order valence-electron chi connectivity index (χ1n) is 10.1. The third kappa shape index (κ3) is 6.57. The van der Waals surface area contributed by atoms with Gasteiger partial charge in [-0.05, 0) is 67.1 Å². The van der Waals surface area contributed by atoms with E-state index in [1.807, 2.05) is 0 Å². The number of carbonyl (C=O) groups excluding carboxylic acids is 2. The van der Waals surface area contributed by atoms with Crippen LogP contribution in [0.2, 0.25) is 5.02 Å². The van der Waals surface area contributed by atoms with Crippen LogP contribution in [0.25, 0.3) is 0 Å². The Morgan fingerprint density at radius 1 is 0.970 bits per heavy atom. The van der Waals surface area contributed by atoms with E-state index < -0.39 is 21.9 Å². The highest BCUT2D eigenvalue weighted by atomic mass is 35.5. The number of hydrogen-bond donors (Lipinski definition) is 1. The van der Waals surface area contributed by atoms with Gasteiger partial charge < -0.3 is 10.1 Å². The maximum atomic E-state index is 12.7. The van der Waals surface area contributed by atoms with Crippen molar-refractivity contribution in [3.05, 3.63) is 94.5 Å². The highest BCUT2D eigenvalue weighted by molar-refractivity contribution is 7.92. The Kier molecular flexibility index (Phi) is 7.73. The molecule has 3 aromatic carbocycles. The normalized spacial score (nSPS) is 11.0. The number of halogens is 1. The van der Waals surface area contributed by atoms with Crippen molar-refractivity contribution in [1.82, 2.24) is 0 Å². The van der Waals surface area contributed by atoms with Gasteiger partial charge >= 0.3 is 5.97 Å². The van der Waals surface area contributed by atoms with Crippen LogP contribution in [-0.2, 0) is 21.3 Å². The van der Waals surface area contributed by atoms with Crippen molar-refractivity contribution in [1.29, 1.82) is 0 Å². The summed E-state index contributed by atoms with van der Waals surface area (Å²) in [6, 6.07) is 19.6. The summed E-state index contributed by atoms with van der Waals surface area (Å²) in [5.74, 6) is -0.870. The number of anilines is 2. The zero-order valence-electron chi connectivity index (χ0n) is 18.1. The molecule has 0 bridgehead atoms. The molecule has 0 heterocycles. The molecule has 0 unspecified atom stereocenters. The number of esters is 1. The number of benzene rings is 3. The molecule has 0 radical (unpaired) electrons. The number of sulfonamides is 1. The van der Waals surface area contributed by atoms with Gasteiger partial charge in [-0.1, -0.05) is 29.8 Å². The van der Waals surface area contributed by atoms with Crippen LogP contribution in [0.5, 0.6) is 0 Å². The monoisotopic (exact) mass is 486 g/mol. The molecule has 1 N–H and O–H groups in total. The molecule has 33 heavy (non-hydrogen) atoms. The number of carbonyl (C=O) groups is 2. The molecule has 0 spiro atoms. The molecular formula is C24H23ClN2O5S. The van der Waals surface area contributed by atoms with Crippen molar-refractivity contribution in [3.63, 3.8) is 0 Å². The lowest BCUT2D eigenvalue weighted by Crippen LogP contribution is -2.29. The molecule has 0 aliphatic carbocycles. The number of nitrogens with one attached hydrogen (secondary N) is 1. The largest absolute Gasteiger partial charge is 0.462 e. The number of ether oxygens (including phenoxy) is 1. The van der Waals surface area contributed by atoms with Crippen LogP contribution in [0.15, 0.2) is 72.8 Å². The summed E-state index contributed by atoms with van der Waals surface area (Å²) in [5.41, 5.74) is 2.30. The van der Waals surface area contributed by atoms with Gasteiger partial charge in [0.05, 0.1) is 30.7 Å². The SMILES string of the molecule is CCOC(=O)c1cccc(NC(=O)c2ccc(N(Cc3ccc(Cl)cc3)S(C)(=O)=O)cc2)c1. The number of rotatable bonds is 8. The number of hydrogen-bond acceptors (Lipinski definition) is 5. The van der Waals surface area contributed by atoms with E-state index in [2.05, 4.69) is 5.32 Å². The number of amides is 1. The summed E-state index contributed by atoms with van der Waals surface area (Å²) in [5, 5.41) is 3.29. The first kappa shape index (κ1) is 24.3. The van der Waals surface area contributed by atoms with Crippen LogP contribution in [0.4, 0.5) is 11.4 Å². The van der Waals surface area contributed by atoms with E-state index in [1.165, 1.54) is 10.4 Å². The van der Waals surface area contributed by atoms with E-state index in [0.717, 1.165) is 11.8 Å². The van der Waals surface area contributed by atoms with Crippen molar-refractivity contribution < 1.29 is 22.7 Å². The quantitative estimate of drug-likeness (QED) is 0.464. The molecule has 3 rings (SSSR count). The summed E-state index contributed by atoms with van der Waals surface area (Å²) in [4.78, 5) is 24.5. The molecule has 0 fully saturated rings. The highest BCUT2D eigenvalue weighted by Gasteiger charge is 2.19. The van der Waals surface area contributed by atoms with E-state index in [-0.39, 0.29) is 13.2 Å². The third-order valence-corrected chi connectivity index (χ3v) is 6.08. The van der Waals surface area contributed by atoms with E-state index >= 15 is 0 Å². The second-order valence-corrected chi connectivity index (χ2v) is 9.54. The molecule has 0 atom stereocenters. The standard InChI is InChI=1S/C24H23ClN2O5S/c1-3-32-24(29)19-5-4-6-21(15-19)26-23(28)18-9-13-22(14-10-18)27(33(2,30)31)16-17-7-11-20(25)12-8-17/h4-15H,3,16H2,1-2H3,(H,26,28). The van der Waals surface area contributed by atoms with Crippen LogP contribution >= 0.6 is 11.6 Å². The fraction of sp³-hybridized carbons (Fsp3) is 0.167. The Morgan fingerprint density at radius 3 is 2.24 bits per heavy atom. The average Bonchev–Trinajstić information content (AvgIpc) is 2.78. The summed E-state index contributed by atoms with van der Waals surface area (Å²) < 4.78 is 31.0. The van der Waals surface area contributed by atoms with E-state index in [9.17, 15) is 18.0 Å².